The lowest BCUT2D eigenvalue weighted by atomic mass is 9.70. The van der Waals surface area contributed by atoms with Crippen molar-refractivity contribution in [3.8, 4) is 0 Å². The molecule has 0 bridgehead atoms. The van der Waals surface area contributed by atoms with Crippen molar-refractivity contribution >= 4 is 33.4 Å². The highest BCUT2D eigenvalue weighted by Gasteiger charge is 2.39. The Labute approximate surface area is 215 Å². The first-order valence-electron chi connectivity index (χ1n) is 12.5. The number of carbonyl (C=O) groups excluding carboxylic acids is 2. The summed E-state index contributed by atoms with van der Waals surface area (Å²) >= 11 is 0. The largest absolute Gasteiger partial charge is 0.369 e. The van der Waals surface area contributed by atoms with Crippen LogP contribution in [0.5, 0.6) is 0 Å². The highest BCUT2D eigenvalue weighted by atomic mass is 16.2. The molecule has 186 valence electrons. The van der Waals surface area contributed by atoms with E-state index in [9.17, 15) is 9.59 Å². The van der Waals surface area contributed by atoms with Crippen molar-refractivity contribution in [2.75, 3.05) is 7.05 Å². The predicted molar refractivity (Wildman–Crippen MR) is 147 cm³/mol. The summed E-state index contributed by atoms with van der Waals surface area (Å²) in [6.07, 6.45) is 4.14. The van der Waals surface area contributed by atoms with Crippen molar-refractivity contribution in [2.45, 2.75) is 18.8 Å². The molecule has 6 heteroatoms. The zero-order chi connectivity index (χ0) is 25.8. The average molecular weight is 491 g/mol. The fourth-order valence-electron chi connectivity index (χ4n) is 5.57. The number of carbonyl (C=O) groups is 2. The molecule has 0 fully saturated rings. The predicted octanol–water partition coefficient (Wildman–Crippen LogP) is 4.75. The molecule has 0 radical (unpaired) electrons. The van der Waals surface area contributed by atoms with Gasteiger partial charge in [0.25, 0.3) is 0 Å². The number of hydrogen-bond acceptors (Lipinski definition) is 3. The molecule has 5 rings (SSSR count). The molecule has 0 saturated carbocycles. The molecule has 0 saturated heterocycles. The molecule has 37 heavy (non-hydrogen) atoms. The smallest absolute Gasteiger partial charge is 0.223 e. The van der Waals surface area contributed by atoms with Crippen LogP contribution in [0.3, 0.4) is 0 Å². The third kappa shape index (κ3) is 4.96. The second kappa shape index (κ2) is 10.7. The van der Waals surface area contributed by atoms with E-state index in [4.69, 9.17) is 5.73 Å². The summed E-state index contributed by atoms with van der Waals surface area (Å²) in [7, 11) is 1.63. The summed E-state index contributed by atoms with van der Waals surface area (Å²) in [5, 5.41) is 7.08. The minimum absolute atomic E-state index is 0.142. The van der Waals surface area contributed by atoms with E-state index < -0.39 is 23.7 Å². The SMILES string of the molecule is CNC(=O)C(Cc1cnc[nH]1)C(c1cccc2ccccc12)C(Cc1cccc2ccccc12)C(N)=O. The molecule has 0 aliphatic heterocycles. The lowest BCUT2D eigenvalue weighted by molar-refractivity contribution is -0.127. The molecule has 0 spiro atoms. The molecule has 1 aromatic heterocycles. The van der Waals surface area contributed by atoms with Gasteiger partial charge in [0.2, 0.25) is 11.8 Å². The van der Waals surface area contributed by atoms with E-state index in [-0.39, 0.29) is 5.91 Å². The Morgan fingerprint density at radius 1 is 0.838 bits per heavy atom. The van der Waals surface area contributed by atoms with Gasteiger partial charge in [-0.2, -0.15) is 0 Å². The lowest BCUT2D eigenvalue weighted by Crippen LogP contribution is -2.41. The molecule has 5 aromatic rings. The Hall–Kier alpha value is -4.45. The van der Waals surface area contributed by atoms with Crippen LogP contribution in [-0.4, -0.2) is 28.8 Å². The van der Waals surface area contributed by atoms with Crippen molar-refractivity contribution in [3.05, 3.63) is 114 Å². The number of aromatic nitrogens is 2. The van der Waals surface area contributed by atoms with Crippen LogP contribution in [0.4, 0.5) is 0 Å². The van der Waals surface area contributed by atoms with Crippen molar-refractivity contribution in [3.63, 3.8) is 0 Å². The number of nitrogens with zero attached hydrogens (tertiary/aromatic N) is 1. The van der Waals surface area contributed by atoms with E-state index in [1.807, 2.05) is 66.7 Å². The van der Waals surface area contributed by atoms with Crippen LogP contribution in [0.1, 0.15) is 22.7 Å². The van der Waals surface area contributed by atoms with Gasteiger partial charge in [0.15, 0.2) is 0 Å². The third-order valence-corrected chi connectivity index (χ3v) is 7.31. The minimum Gasteiger partial charge on any atom is -0.369 e. The van der Waals surface area contributed by atoms with Crippen LogP contribution in [0.15, 0.2) is 97.5 Å². The second-order valence-electron chi connectivity index (χ2n) is 9.45. The van der Waals surface area contributed by atoms with Crippen LogP contribution >= 0.6 is 0 Å². The monoisotopic (exact) mass is 490 g/mol. The van der Waals surface area contributed by atoms with Gasteiger partial charge in [-0.15, -0.1) is 0 Å². The van der Waals surface area contributed by atoms with Crippen molar-refractivity contribution in [2.24, 2.45) is 17.6 Å². The molecule has 0 aliphatic carbocycles. The Kier molecular flexibility index (Phi) is 6.99. The fraction of sp³-hybridized carbons (Fsp3) is 0.194. The summed E-state index contributed by atoms with van der Waals surface area (Å²) in [6.45, 7) is 0. The van der Waals surface area contributed by atoms with Gasteiger partial charge in [-0.05, 0) is 39.1 Å². The molecule has 6 nitrogen and oxygen atoms in total. The van der Waals surface area contributed by atoms with E-state index in [0.717, 1.165) is 38.4 Å². The number of hydrogen-bond donors (Lipinski definition) is 3. The Morgan fingerprint density at radius 2 is 1.49 bits per heavy atom. The first-order valence-corrected chi connectivity index (χ1v) is 12.5. The Morgan fingerprint density at radius 3 is 2.16 bits per heavy atom. The Balaban J connectivity index is 1.70. The zero-order valence-electron chi connectivity index (χ0n) is 20.7. The zero-order valence-corrected chi connectivity index (χ0v) is 20.7. The van der Waals surface area contributed by atoms with Crippen molar-refractivity contribution in [1.29, 1.82) is 0 Å². The topological polar surface area (TPSA) is 101 Å². The van der Waals surface area contributed by atoms with E-state index in [0.29, 0.717) is 12.8 Å². The van der Waals surface area contributed by atoms with Gasteiger partial charge < -0.3 is 16.0 Å². The fourth-order valence-corrected chi connectivity index (χ4v) is 5.57. The number of benzene rings is 4. The number of rotatable bonds is 9. The number of amides is 2. The van der Waals surface area contributed by atoms with E-state index in [1.165, 1.54) is 0 Å². The third-order valence-electron chi connectivity index (χ3n) is 7.31. The summed E-state index contributed by atoms with van der Waals surface area (Å²) in [6, 6.07) is 28.4. The van der Waals surface area contributed by atoms with Crippen molar-refractivity contribution < 1.29 is 9.59 Å². The summed E-state index contributed by atoms with van der Waals surface area (Å²) in [4.78, 5) is 34.0. The van der Waals surface area contributed by atoms with Gasteiger partial charge in [-0.3, -0.25) is 9.59 Å². The van der Waals surface area contributed by atoms with E-state index in [1.54, 1.807) is 19.6 Å². The molecular weight excluding hydrogens is 460 g/mol. The molecule has 3 unspecified atom stereocenters. The first kappa shape index (κ1) is 24.3. The molecular formula is C31H30N4O2. The van der Waals surface area contributed by atoms with Gasteiger partial charge in [-0.1, -0.05) is 84.9 Å². The lowest BCUT2D eigenvalue weighted by Gasteiger charge is -2.33. The number of imidazole rings is 1. The quantitative estimate of drug-likeness (QED) is 0.278. The standard InChI is InChI=1S/C31H30N4O2/c1-33-31(37)28(17-23-18-34-19-35-23)29(26-15-7-11-21-9-3-5-14-25(21)26)27(30(32)36)16-22-12-6-10-20-8-2-4-13-24(20)22/h2-15,18-19,27-29H,16-17H2,1H3,(H2,32,36)(H,33,37)(H,34,35). The first-order chi connectivity index (χ1) is 18.1. The Bertz CT molecular complexity index is 1530. The van der Waals surface area contributed by atoms with Crippen LogP contribution in [0.25, 0.3) is 21.5 Å². The average Bonchev–Trinajstić information content (AvgIpc) is 3.45. The summed E-state index contributed by atoms with van der Waals surface area (Å²) in [5.41, 5.74) is 8.97. The normalized spacial score (nSPS) is 13.8. The van der Waals surface area contributed by atoms with Gasteiger partial charge in [-0.25, -0.2) is 4.98 Å². The number of nitrogens with two attached hydrogens (primary N) is 1. The van der Waals surface area contributed by atoms with Crippen LogP contribution in [0, 0.1) is 11.8 Å². The van der Waals surface area contributed by atoms with Gasteiger partial charge >= 0.3 is 0 Å². The van der Waals surface area contributed by atoms with E-state index in [2.05, 4.69) is 33.5 Å². The summed E-state index contributed by atoms with van der Waals surface area (Å²) in [5.74, 6) is -2.21. The molecule has 3 atom stereocenters. The van der Waals surface area contributed by atoms with Crippen LogP contribution in [0.2, 0.25) is 0 Å². The van der Waals surface area contributed by atoms with Crippen molar-refractivity contribution in [1.82, 2.24) is 15.3 Å². The highest BCUT2D eigenvalue weighted by Crippen LogP contribution is 2.40. The van der Waals surface area contributed by atoms with Gasteiger partial charge in [0, 0.05) is 37.2 Å². The van der Waals surface area contributed by atoms with Gasteiger partial charge in [0.1, 0.15) is 0 Å². The van der Waals surface area contributed by atoms with E-state index >= 15 is 0 Å². The molecule has 4 aromatic carbocycles. The number of nitrogens with one attached hydrogen (secondary N) is 2. The number of aromatic amines is 1. The second-order valence-corrected chi connectivity index (χ2v) is 9.45. The number of primary amides is 1. The van der Waals surface area contributed by atoms with Gasteiger partial charge in [0.05, 0.1) is 12.2 Å². The van der Waals surface area contributed by atoms with Crippen LogP contribution < -0.4 is 11.1 Å². The maximum absolute atomic E-state index is 13.5. The maximum Gasteiger partial charge on any atom is 0.223 e. The number of H-pyrrole nitrogens is 1. The summed E-state index contributed by atoms with van der Waals surface area (Å²) < 4.78 is 0. The molecule has 4 N–H and O–H groups in total. The van der Waals surface area contributed by atoms with Crippen LogP contribution in [-0.2, 0) is 22.4 Å². The molecule has 1 heterocycles. The molecule has 0 aliphatic rings. The number of fused-ring (bicyclic) bond motifs is 2. The minimum atomic E-state index is -0.623. The maximum atomic E-state index is 13.5. The molecule has 2 amide bonds. The highest BCUT2D eigenvalue weighted by molar-refractivity contribution is 5.91.